The van der Waals surface area contributed by atoms with Crippen molar-refractivity contribution >= 4 is 56.3 Å². The highest BCUT2D eigenvalue weighted by Gasteiger charge is 2.41. The third-order valence-corrected chi connectivity index (χ3v) is 14.2. The predicted molar refractivity (Wildman–Crippen MR) is 201 cm³/mol. The van der Waals surface area contributed by atoms with E-state index in [9.17, 15) is 5.26 Å². The zero-order chi connectivity index (χ0) is 32.5. The van der Waals surface area contributed by atoms with Gasteiger partial charge in [0.1, 0.15) is 0 Å². The van der Waals surface area contributed by atoms with Crippen molar-refractivity contribution in [2.75, 3.05) is 0 Å². The van der Waals surface area contributed by atoms with E-state index in [2.05, 4.69) is 173 Å². The van der Waals surface area contributed by atoms with Crippen LogP contribution in [0.2, 0.25) is 0 Å². The molecule has 0 amide bonds. The summed E-state index contributed by atoms with van der Waals surface area (Å²) >= 11 is 0. The highest BCUT2D eigenvalue weighted by molar-refractivity contribution is 7.19. The van der Waals surface area contributed by atoms with Crippen LogP contribution in [0, 0.1) is 17.9 Å². The first-order chi connectivity index (χ1) is 23.7. The van der Waals surface area contributed by atoms with Crippen LogP contribution in [0.15, 0.2) is 176 Å². The van der Waals surface area contributed by atoms with Gasteiger partial charge in [-0.15, -0.1) is 0 Å². The molecule has 1 aromatic heterocycles. The van der Waals surface area contributed by atoms with Crippen molar-refractivity contribution < 1.29 is 0 Å². The van der Waals surface area contributed by atoms with E-state index in [1.165, 1.54) is 20.7 Å². The zero-order valence-electron chi connectivity index (χ0n) is 26.1. The number of para-hydroxylation sites is 2. The molecule has 0 aliphatic rings. The maximum absolute atomic E-state index is 10.4. The van der Waals surface area contributed by atoms with Gasteiger partial charge in [0.25, 0.3) is 0 Å². The lowest BCUT2D eigenvalue weighted by molar-refractivity contribution is 1.18. The summed E-state index contributed by atoms with van der Waals surface area (Å²) < 4.78 is 2.20. The van der Waals surface area contributed by atoms with Crippen LogP contribution in [-0.4, -0.2) is 12.6 Å². The predicted octanol–water partition coefficient (Wildman–Crippen LogP) is 8.25. The van der Waals surface area contributed by atoms with Crippen molar-refractivity contribution in [1.29, 1.82) is 5.26 Å². The maximum atomic E-state index is 10.4. The monoisotopic (exact) mass is 627 g/mol. The SMILES string of the molecule is [C-]#[N+]c1cc(-n2c3ccccc3c3ccccc32)cc(-c2ccc([Si](c3ccccc3)(c3ccccc3)c3ccccc3)cc2)c1C#N. The van der Waals surface area contributed by atoms with Crippen molar-refractivity contribution in [3.05, 3.63) is 193 Å². The lowest BCUT2D eigenvalue weighted by atomic mass is 9.98. The molecule has 0 unspecified atom stereocenters. The summed E-state index contributed by atoms with van der Waals surface area (Å²) in [5.74, 6) is 0. The Morgan fingerprint density at radius 2 is 0.958 bits per heavy atom. The molecule has 0 atom stereocenters. The van der Waals surface area contributed by atoms with Crippen LogP contribution in [0.3, 0.4) is 0 Å². The molecule has 0 aliphatic heterocycles. The van der Waals surface area contributed by atoms with Gasteiger partial charge in [-0.1, -0.05) is 152 Å². The molecule has 4 heteroatoms. The lowest BCUT2D eigenvalue weighted by Gasteiger charge is -2.34. The normalized spacial score (nSPS) is 11.3. The summed E-state index contributed by atoms with van der Waals surface area (Å²) in [4.78, 5) is 3.86. The number of nitrogens with zero attached hydrogens (tertiary/aromatic N) is 3. The van der Waals surface area contributed by atoms with E-state index in [1.54, 1.807) is 0 Å². The highest BCUT2D eigenvalue weighted by Crippen LogP contribution is 2.38. The molecule has 0 N–H and O–H groups in total. The van der Waals surface area contributed by atoms with E-state index < -0.39 is 8.07 Å². The molecule has 0 saturated heterocycles. The van der Waals surface area contributed by atoms with Gasteiger partial charge in [0.05, 0.1) is 29.2 Å². The Hall–Kier alpha value is -6.46. The van der Waals surface area contributed by atoms with Gasteiger partial charge in [0, 0.05) is 16.5 Å². The maximum Gasteiger partial charge on any atom is 0.207 e. The molecule has 8 rings (SSSR count). The van der Waals surface area contributed by atoms with E-state index >= 15 is 0 Å². The van der Waals surface area contributed by atoms with Crippen LogP contribution >= 0.6 is 0 Å². The van der Waals surface area contributed by atoms with Crippen LogP contribution in [0.1, 0.15) is 5.56 Å². The Morgan fingerprint density at radius 3 is 1.42 bits per heavy atom. The molecular weight excluding hydrogens is 599 g/mol. The van der Waals surface area contributed by atoms with Gasteiger partial charge in [0.15, 0.2) is 8.07 Å². The van der Waals surface area contributed by atoms with Crippen molar-refractivity contribution in [1.82, 2.24) is 4.57 Å². The number of rotatable bonds is 6. The van der Waals surface area contributed by atoms with Crippen molar-refractivity contribution in [3.63, 3.8) is 0 Å². The third kappa shape index (κ3) is 4.55. The first kappa shape index (κ1) is 29.0. The minimum absolute atomic E-state index is 0.345. The highest BCUT2D eigenvalue weighted by atomic mass is 28.3. The summed E-state index contributed by atoms with van der Waals surface area (Å²) in [5.41, 5.74) is 5.37. The fraction of sp³-hybridized carbons (Fsp3) is 0. The number of hydrogen-bond donors (Lipinski definition) is 0. The molecule has 0 bridgehead atoms. The summed E-state index contributed by atoms with van der Waals surface area (Å²) in [6, 6.07) is 64.2. The molecule has 48 heavy (non-hydrogen) atoms. The minimum atomic E-state index is -2.70. The van der Waals surface area contributed by atoms with Crippen molar-refractivity contribution in [3.8, 4) is 22.9 Å². The van der Waals surface area contributed by atoms with Crippen LogP contribution in [0.25, 0.3) is 43.5 Å². The third-order valence-electron chi connectivity index (χ3n) is 9.42. The number of benzene rings is 7. The van der Waals surface area contributed by atoms with E-state index in [4.69, 9.17) is 6.57 Å². The zero-order valence-corrected chi connectivity index (χ0v) is 27.1. The van der Waals surface area contributed by atoms with Crippen LogP contribution < -0.4 is 20.7 Å². The van der Waals surface area contributed by atoms with Gasteiger partial charge in [0.2, 0.25) is 5.69 Å². The minimum Gasteiger partial charge on any atom is -0.310 e. The van der Waals surface area contributed by atoms with Crippen LogP contribution in [-0.2, 0) is 0 Å². The summed E-state index contributed by atoms with van der Waals surface area (Å²) in [6.45, 7) is 8.07. The van der Waals surface area contributed by atoms with E-state index in [0.717, 1.165) is 38.6 Å². The quantitative estimate of drug-likeness (QED) is 0.104. The van der Waals surface area contributed by atoms with E-state index in [-0.39, 0.29) is 0 Å². The number of nitriles is 1. The summed E-state index contributed by atoms with van der Waals surface area (Å²) in [5, 5.41) is 17.8. The summed E-state index contributed by atoms with van der Waals surface area (Å²) in [7, 11) is -2.70. The molecule has 8 aromatic rings. The van der Waals surface area contributed by atoms with Crippen LogP contribution in [0.4, 0.5) is 5.69 Å². The molecule has 0 radical (unpaired) electrons. The molecule has 3 nitrogen and oxygen atoms in total. The number of fused-ring (bicyclic) bond motifs is 3. The Morgan fingerprint density at radius 1 is 0.521 bits per heavy atom. The van der Waals surface area contributed by atoms with E-state index in [1.807, 2.05) is 18.2 Å². The van der Waals surface area contributed by atoms with Gasteiger partial charge in [-0.2, -0.15) is 5.26 Å². The average molecular weight is 628 g/mol. The molecule has 0 saturated carbocycles. The fourth-order valence-corrected chi connectivity index (χ4v) is 12.1. The standard InChI is InChI=1S/C44H29N3Si/c1-46-42-30-33(47-43-23-13-11-21-38(43)39-22-12-14-24-44(39)47)29-40(41(42)31-45)32-25-27-37(28-26-32)48(34-15-5-2-6-16-34,35-17-7-3-8-18-35)36-19-9-4-10-20-36/h2-30H. The molecule has 0 spiro atoms. The Bertz CT molecular complexity index is 2350. The molecule has 0 fully saturated rings. The van der Waals surface area contributed by atoms with Gasteiger partial charge < -0.3 is 4.57 Å². The second-order valence-electron chi connectivity index (χ2n) is 11.9. The van der Waals surface area contributed by atoms with Gasteiger partial charge in [-0.05, 0) is 56.1 Å². The van der Waals surface area contributed by atoms with Crippen molar-refractivity contribution in [2.45, 2.75) is 0 Å². The fourth-order valence-electron chi connectivity index (χ4n) is 7.34. The second-order valence-corrected chi connectivity index (χ2v) is 15.7. The molecule has 7 aromatic carbocycles. The van der Waals surface area contributed by atoms with Crippen LogP contribution in [0.5, 0.6) is 0 Å². The lowest BCUT2D eigenvalue weighted by Crippen LogP contribution is -2.74. The van der Waals surface area contributed by atoms with Gasteiger partial charge in [-0.25, -0.2) is 4.85 Å². The first-order valence-electron chi connectivity index (χ1n) is 16.0. The molecule has 0 aliphatic carbocycles. The smallest absolute Gasteiger partial charge is 0.207 e. The molecule has 224 valence electrons. The Labute approximate surface area is 281 Å². The summed E-state index contributed by atoms with van der Waals surface area (Å²) in [6.07, 6.45) is 0. The first-order valence-corrected chi connectivity index (χ1v) is 18.0. The van der Waals surface area contributed by atoms with Gasteiger partial charge in [-0.3, -0.25) is 0 Å². The second kappa shape index (κ2) is 12.0. The number of aromatic nitrogens is 1. The largest absolute Gasteiger partial charge is 0.310 e. The molecule has 1 heterocycles. The van der Waals surface area contributed by atoms with E-state index in [0.29, 0.717) is 11.3 Å². The number of hydrogen-bond acceptors (Lipinski definition) is 1. The Kier molecular flexibility index (Phi) is 7.27. The van der Waals surface area contributed by atoms with Crippen molar-refractivity contribution in [2.24, 2.45) is 0 Å². The average Bonchev–Trinajstić information content (AvgIpc) is 3.51. The Balaban J connectivity index is 1.36. The van der Waals surface area contributed by atoms with Gasteiger partial charge >= 0.3 is 0 Å². The molecular formula is C44H29N3Si. The topological polar surface area (TPSA) is 33.1 Å².